The summed E-state index contributed by atoms with van der Waals surface area (Å²) in [7, 11) is -2.36. The van der Waals surface area contributed by atoms with E-state index in [0.29, 0.717) is 11.3 Å². The summed E-state index contributed by atoms with van der Waals surface area (Å²) in [6, 6.07) is 13.0. The highest BCUT2D eigenvalue weighted by molar-refractivity contribution is 7.90. The predicted molar refractivity (Wildman–Crippen MR) is 89.8 cm³/mol. The Bertz CT molecular complexity index is 1090. The maximum absolute atomic E-state index is 12.5. The second kappa shape index (κ2) is 5.95. The van der Waals surface area contributed by atoms with Gasteiger partial charge < -0.3 is 9.15 Å². The molecule has 1 aliphatic heterocycles. The Labute approximate surface area is 149 Å². The molecule has 0 N–H and O–H groups in total. The van der Waals surface area contributed by atoms with Crippen LogP contribution < -0.4 is 4.74 Å². The lowest BCUT2D eigenvalue weighted by Gasteiger charge is -2.11. The number of carbonyl (C=O) groups excluding carboxylic acids is 1. The van der Waals surface area contributed by atoms with Gasteiger partial charge in [0.05, 0.1) is 12.7 Å². The van der Waals surface area contributed by atoms with Crippen molar-refractivity contribution in [3.8, 4) is 17.2 Å². The molecule has 9 heteroatoms. The van der Waals surface area contributed by atoms with E-state index in [2.05, 4.69) is 10.2 Å². The van der Waals surface area contributed by atoms with Gasteiger partial charge in [0, 0.05) is 5.56 Å². The highest BCUT2D eigenvalue weighted by Gasteiger charge is 2.41. The number of amides is 1. The first kappa shape index (κ1) is 16.3. The van der Waals surface area contributed by atoms with Crippen molar-refractivity contribution in [3.63, 3.8) is 0 Å². The number of methoxy groups -OCH3 is 1. The second-order valence-corrected chi connectivity index (χ2v) is 7.37. The van der Waals surface area contributed by atoms with Crippen molar-refractivity contribution >= 4 is 15.9 Å². The summed E-state index contributed by atoms with van der Waals surface area (Å²) in [5.41, 5.74) is 0.797. The van der Waals surface area contributed by atoms with Gasteiger partial charge in [0.2, 0.25) is 11.8 Å². The van der Waals surface area contributed by atoms with Crippen molar-refractivity contribution in [1.29, 1.82) is 0 Å². The lowest BCUT2D eigenvalue weighted by Crippen LogP contribution is -2.29. The largest absolute Gasteiger partial charge is 0.497 e. The molecule has 4 rings (SSSR count). The Morgan fingerprint density at radius 1 is 1.08 bits per heavy atom. The maximum atomic E-state index is 12.5. The van der Waals surface area contributed by atoms with Crippen molar-refractivity contribution in [1.82, 2.24) is 14.5 Å². The van der Waals surface area contributed by atoms with Crippen molar-refractivity contribution < 1.29 is 22.4 Å². The molecule has 3 aromatic rings. The highest BCUT2D eigenvalue weighted by Crippen LogP contribution is 2.31. The third kappa shape index (κ3) is 2.53. The zero-order valence-corrected chi connectivity index (χ0v) is 14.4. The van der Waals surface area contributed by atoms with Crippen LogP contribution in [-0.2, 0) is 16.6 Å². The molecule has 0 aliphatic carbocycles. The predicted octanol–water partition coefficient (Wildman–Crippen LogP) is 2.09. The zero-order valence-electron chi connectivity index (χ0n) is 13.6. The molecule has 0 bridgehead atoms. The van der Waals surface area contributed by atoms with E-state index in [0.717, 1.165) is 4.31 Å². The van der Waals surface area contributed by atoms with E-state index in [4.69, 9.17) is 9.15 Å². The number of ether oxygens (including phenoxy) is 1. The molecule has 0 saturated carbocycles. The van der Waals surface area contributed by atoms with Crippen molar-refractivity contribution in [2.24, 2.45) is 0 Å². The average molecular weight is 371 g/mol. The molecule has 0 unspecified atom stereocenters. The number of benzene rings is 2. The van der Waals surface area contributed by atoms with Crippen LogP contribution in [0.2, 0.25) is 0 Å². The van der Waals surface area contributed by atoms with Gasteiger partial charge in [-0.1, -0.05) is 12.1 Å². The Morgan fingerprint density at radius 2 is 1.81 bits per heavy atom. The van der Waals surface area contributed by atoms with Crippen LogP contribution in [0.25, 0.3) is 11.5 Å². The summed E-state index contributed by atoms with van der Waals surface area (Å²) in [6.07, 6.45) is 0. The van der Waals surface area contributed by atoms with Crippen LogP contribution >= 0.6 is 0 Å². The van der Waals surface area contributed by atoms with Crippen LogP contribution in [0.4, 0.5) is 0 Å². The summed E-state index contributed by atoms with van der Waals surface area (Å²) in [4.78, 5) is 12.4. The molecule has 2 aromatic carbocycles. The third-order valence-corrected chi connectivity index (χ3v) is 5.78. The van der Waals surface area contributed by atoms with Gasteiger partial charge in [-0.05, 0) is 36.4 Å². The van der Waals surface area contributed by atoms with Gasteiger partial charge in [-0.25, -0.2) is 12.7 Å². The van der Waals surface area contributed by atoms with Gasteiger partial charge in [-0.15, -0.1) is 10.2 Å². The number of rotatable bonds is 4. The fraction of sp³-hybridized carbons (Fsp3) is 0.118. The number of fused-ring (bicyclic) bond motifs is 1. The number of hydrogen-bond donors (Lipinski definition) is 0. The van der Waals surface area contributed by atoms with E-state index >= 15 is 0 Å². The van der Waals surface area contributed by atoms with E-state index in [-0.39, 0.29) is 28.8 Å². The lowest BCUT2D eigenvalue weighted by molar-refractivity contribution is 0.0857. The molecule has 0 radical (unpaired) electrons. The molecule has 2 heterocycles. The van der Waals surface area contributed by atoms with Crippen LogP contribution in [0.15, 0.2) is 57.8 Å². The van der Waals surface area contributed by atoms with Gasteiger partial charge >= 0.3 is 0 Å². The minimum Gasteiger partial charge on any atom is -0.497 e. The summed E-state index contributed by atoms with van der Waals surface area (Å²) in [5, 5.41) is 7.77. The van der Waals surface area contributed by atoms with Crippen LogP contribution in [0.1, 0.15) is 16.2 Å². The fourth-order valence-electron chi connectivity index (χ4n) is 2.68. The normalized spacial score (nSPS) is 15.1. The van der Waals surface area contributed by atoms with Crippen LogP contribution in [0.5, 0.6) is 5.75 Å². The Kier molecular flexibility index (Phi) is 3.73. The van der Waals surface area contributed by atoms with E-state index < -0.39 is 15.9 Å². The van der Waals surface area contributed by atoms with Crippen molar-refractivity contribution in [3.05, 3.63) is 60.0 Å². The fourth-order valence-corrected chi connectivity index (χ4v) is 4.20. The van der Waals surface area contributed by atoms with Gasteiger partial charge in [0.1, 0.15) is 17.2 Å². The Balaban J connectivity index is 1.61. The number of sulfonamides is 1. The Morgan fingerprint density at radius 3 is 2.50 bits per heavy atom. The molecule has 1 amide bonds. The molecule has 1 aromatic heterocycles. The maximum Gasteiger partial charge on any atom is 0.269 e. The molecule has 0 fully saturated rings. The molecule has 0 saturated heterocycles. The summed E-state index contributed by atoms with van der Waals surface area (Å²) in [5.74, 6) is 0.328. The van der Waals surface area contributed by atoms with Crippen LogP contribution in [-0.4, -0.2) is 35.9 Å². The molecule has 26 heavy (non-hydrogen) atoms. The van der Waals surface area contributed by atoms with Gasteiger partial charge in [0.25, 0.3) is 15.9 Å². The number of aromatic nitrogens is 2. The van der Waals surface area contributed by atoms with Crippen molar-refractivity contribution in [2.75, 3.05) is 7.11 Å². The van der Waals surface area contributed by atoms with E-state index in [9.17, 15) is 13.2 Å². The van der Waals surface area contributed by atoms with Gasteiger partial charge in [-0.2, -0.15) is 0 Å². The van der Waals surface area contributed by atoms with E-state index in [1.54, 1.807) is 43.5 Å². The molecule has 0 atom stereocenters. The SMILES string of the molecule is COc1ccc(-c2nnc(CN3C(=O)c4ccccc4S3(=O)=O)o2)cc1. The van der Waals surface area contributed by atoms with Gasteiger partial charge in [0.15, 0.2) is 0 Å². The molecular formula is C17H13N3O5S. The van der Waals surface area contributed by atoms with E-state index in [1.807, 2.05) is 0 Å². The quantitative estimate of drug-likeness (QED) is 0.692. The minimum atomic E-state index is -3.92. The summed E-state index contributed by atoms with van der Waals surface area (Å²) in [6.45, 7) is -0.320. The topological polar surface area (TPSA) is 103 Å². The first-order valence-corrected chi connectivity index (χ1v) is 9.07. The van der Waals surface area contributed by atoms with E-state index in [1.165, 1.54) is 12.1 Å². The average Bonchev–Trinajstić information content (AvgIpc) is 3.20. The van der Waals surface area contributed by atoms with Crippen LogP contribution in [0.3, 0.4) is 0 Å². The number of nitrogens with zero attached hydrogens (tertiary/aromatic N) is 3. The Hall–Kier alpha value is -3.20. The van der Waals surface area contributed by atoms with Crippen LogP contribution in [0, 0.1) is 0 Å². The minimum absolute atomic E-state index is 0.0140. The monoisotopic (exact) mass is 371 g/mol. The first-order chi connectivity index (χ1) is 12.5. The zero-order chi connectivity index (χ0) is 18.3. The lowest BCUT2D eigenvalue weighted by atomic mass is 10.2. The smallest absolute Gasteiger partial charge is 0.269 e. The molecular weight excluding hydrogens is 358 g/mol. The standard InChI is InChI=1S/C17H13N3O5S/c1-24-12-8-6-11(7-9-12)16-19-18-15(25-16)10-20-17(21)13-4-2-3-5-14(13)26(20,22)23/h2-9H,10H2,1H3. The molecule has 0 spiro atoms. The number of carbonyl (C=O) groups is 1. The molecule has 1 aliphatic rings. The highest BCUT2D eigenvalue weighted by atomic mass is 32.2. The molecule has 8 nitrogen and oxygen atoms in total. The van der Waals surface area contributed by atoms with Crippen molar-refractivity contribution in [2.45, 2.75) is 11.4 Å². The summed E-state index contributed by atoms with van der Waals surface area (Å²) >= 11 is 0. The first-order valence-electron chi connectivity index (χ1n) is 7.63. The second-order valence-electron chi connectivity index (χ2n) is 5.54. The van der Waals surface area contributed by atoms with Gasteiger partial charge in [-0.3, -0.25) is 4.79 Å². The number of hydrogen-bond acceptors (Lipinski definition) is 7. The summed E-state index contributed by atoms with van der Waals surface area (Å²) < 4.78 is 36.4. The third-order valence-electron chi connectivity index (χ3n) is 3.99. The molecule has 132 valence electrons.